The minimum absolute atomic E-state index is 0. The third kappa shape index (κ3) is 13.5. The first kappa shape index (κ1) is 43.4. The van der Waals surface area contributed by atoms with Crippen LogP contribution in [0, 0.1) is 6.92 Å². The Morgan fingerprint density at radius 2 is 1.00 bits per heavy atom. The van der Waals surface area contributed by atoms with E-state index in [1.807, 2.05) is 0 Å². The maximum atomic E-state index is 6.57. The van der Waals surface area contributed by atoms with Crippen molar-refractivity contribution < 1.29 is 34.3 Å². The Bertz CT molecular complexity index is 853. The number of hydrogen-bond donors (Lipinski definition) is 0. The molecule has 0 N–H and O–H groups in total. The number of aryl methyl sites for hydroxylation is 1. The van der Waals surface area contributed by atoms with Crippen LogP contribution in [0.25, 0.3) is 0 Å². The molecule has 0 fully saturated rings. The van der Waals surface area contributed by atoms with Gasteiger partial charge in [0.2, 0.25) is 5.79 Å². The normalized spacial score (nSPS) is 14.4. The van der Waals surface area contributed by atoms with E-state index in [0.717, 1.165) is 11.4 Å². The number of fused-ring (bicyclic) bond motifs is 1. The van der Waals surface area contributed by atoms with Gasteiger partial charge < -0.3 is 34.3 Å². The minimum atomic E-state index is -1.16. The van der Waals surface area contributed by atoms with Crippen molar-refractivity contribution >= 4 is 14.5 Å². The fourth-order valence-corrected chi connectivity index (χ4v) is 16.9. The first-order valence-electron chi connectivity index (χ1n) is 17.7. The van der Waals surface area contributed by atoms with Gasteiger partial charge in [0.15, 0.2) is 0 Å². The van der Waals surface area contributed by atoms with Crippen LogP contribution in [0.5, 0.6) is 5.75 Å². The van der Waals surface area contributed by atoms with E-state index in [0.29, 0.717) is 6.61 Å². The van der Waals surface area contributed by atoms with Gasteiger partial charge in [0.05, 0.1) is 61.1 Å². The molecule has 0 atom stereocenters. The summed E-state index contributed by atoms with van der Waals surface area (Å²) in [6, 6.07) is 0. The molecule has 1 aromatic heterocycles. The van der Waals surface area contributed by atoms with E-state index in [-0.39, 0.29) is 24.8 Å². The fourth-order valence-electron chi connectivity index (χ4n) is 6.74. The number of pyridine rings is 1. The van der Waals surface area contributed by atoms with Crippen LogP contribution in [0.2, 0.25) is 0 Å². The molecule has 2 rings (SSSR count). The van der Waals surface area contributed by atoms with Gasteiger partial charge in [0.1, 0.15) is 11.9 Å². The first-order chi connectivity index (χ1) is 19.6. The largest absolute Gasteiger partial charge is 1.00 e. The van der Waals surface area contributed by atoms with Crippen LogP contribution in [-0.2, 0) is 23.7 Å². The SMILES string of the molecule is CCCC[P+](CCCC)(CCCC)Cc1nc(C)c2c(c1C[P+](CCCC)(CCCC)CCCC)COC(C)(C)O2.[Cl-].[Cl-]. The van der Waals surface area contributed by atoms with Crippen molar-refractivity contribution in [2.24, 2.45) is 0 Å². The number of nitrogens with zero attached hydrogens (tertiary/aromatic N) is 1. The quantitative estimate of drug-likeness (QED) is 0.144. The van der Waals surface area contributed by atoms with Crippen LogP contribution < -0.4 is 29.6 Å². The van der Waals surface area contributed by atoms with E-state index in [1.54, 1.807) is 5.56 Å². The summed E-state index contributed by atoms with van der Waals surface area (Å²) < 4.78 is 13.0. The molecule has 43 heavy (non-hydrogen) atoms. The standard InChI is InChI=1S/C36H69NO2P2.2ClH/c1-10-16-22-40(23-17-11-2,24-18-12-3)29-33-32-28-38-36(8,9)39-35(32)31(7)37-34(33)30-41(25-19-13-4,26-20-14-5)27-21-15-6;;/h10-30H2,1-9H3;2*1H/q+2;;/p-2. The molecule has 0 amide bonds. The van der Waals surface area contributed by atoms with E-state index in [4.69, 9.17) is 14.5 Å². The van der Waals surface area contributed by atoms with Gasteiger partial charge in [-0.2, -0.15) is 0 Å². The number of hydrogen-bond acceptors (Lipinski definition) is 3. The highest BCUT2D eigenvalue weighted by atomic mass is 35.5. The number of ether oxygens (including phenoxy) is 2. The van der Waals surface area contributed by atoms with Gasteiger partial charge in [-0.3, -0.25) is 0 Å². The molecule has 0 unspecified atom stereocenters. The summed E-state index contributed by atoms with van der Waals surface area (Å²) in [6.45, 7) is 21.3. The van der Waals surface area contributed by atoms with Crippen LogP contribution in [0.3, 0.4) is 0 Å². The monoisotopic (exact) mass is 679 g/mol. The maximum Gasteiger partial charge on any atom is 0.205 e. The Morgan fingerprint density at radius 3 is 1.37 bits per heavy atom. The molecule has 0 aromatic carbocycles. The molecule has 2 heterocycles. The molecular formula is C36H69Cl2NO2P2. The van der Waals surface area contributed by atoms with E-state index >= 15 is 0 Å². The van der Waals surface area contributed by atoms with Gasteiger partial charge in [-0.05, 0) is 45.4 Å². The van der Waals surface area contributed by atoms with Crippen LogP contribution in [0.15, 0.2) is 0 Å². The summed E-state index contributed by atoms with van der Waals surface area (Å²) in [7, 11) is -2.29. The molecule has 0 aliphatic carbocycles. The van der Waals surface area contributed by atoms with Crippen molar-refractivity contribution in [3.8, 4) is 5.75 Å². The predicted molar refractivity (Wildman–Crippen MR) is 188 cm³/mol. The van der Waals surface area contributed by atoms with Crippen molar-refractivity contribution in [3.05, 3.63) is 22.5 Å². The summed E-state index contributed by atoms with van der Waals surface area (Å²) in [5, 5.41) is 0. The molecule has 0 bridgehead atoms. The van der Waals surface area contributed by atoms with Gasteiger partial charge in [0.25, 0.3) is 0 Å². The molecule has 0 radical (unpaired) electrons. The zero-order valence-corrected chi connectivity index (χ0v) is 33.1. The zero-order chi connectivity index (χ0) is 30.4. The van der Waals surface area contributed by atoms with Crippen LogP contribution in [0.1, 0.15) is 155 Å². The lowest BCUT2D eigenvalue weighted by Gasteiger charge is -2.37. The van der Waals surface area contributed by atoms with Gasteiger partial charge >= 0.3 is 0 Å². The fraction of sp³-hybridized carbons (Fsp3) is 0.861. The maximum absolute atomic E-state index is 6.57. The summed E-state index contributed by atoms with van der Waals surface area (Å²) in [4.78, 5) is 5.55. The smallest absolute Gasteiger partial charge is 0.205 e. The van der Waals surface area contributed by atoms with Gasteiger partial charge in [-0.25, -0.2) is 4.98 Å². The molecule has 1 aliphatic heterocycles. The second-order valence-electron chi connectivity index (χ2n) is 13.7. The summed E-state index contributed by atoms with van der Waals surface area (Å²) in [5.41, 5.74) is 5.49. The van der Waals surface area contributed by atoms with Gasteiger partial charge in [-0.15, -0.1) is 0 Å². The average molecular weight is 681 g/mol. The lowest BCUT2D eigenvalue weighted by Crippen LogP contribution is -3.00. The number of unbranched alkanes of at least 4 members (excludes halogenated alkanes) is 6. The Kier molecular flexibility index (Phi) is 22.2. The summed E-state index contributed by atoms with van der Waals surface area (Å²) in [5.74, 6) is 0.455. The van der Waals surface area contributed by atoms with E-state index in [1.165, 1.54) is 138 Å². The van der Waals surface area contributed by atoms with Crippen LogP contribution >= 0.6 is 14.5 Å². The second-order valence-corrected chi connectivity index (χ2v) is 22.4. The van der Waals surface area contributed by atoms with Crippen molar-refractivity contribution in [3.63, 3.8) is 0 Å². The van der Waals surface area contributed by atoms with E-state index in [9.17, 15) is 0 Å². The second kappa shape index (κ2) is 22.0. The van der Waals surface area contributed by atoms with Crippen LogP contribution in [0.4, 0.5) is 0 Å². The lowest BCUT2D eigenvalue weighted by atomic mass is 10.0. The highest BCUT2D eigenvalue weighted by Gasteiger charge is 2.43. The molecule has 7 heteroatoms. The zero-order valence-electron chi connectivity index (χ0n) is 29.8. The molecule has 1 aromatic rings. The minimum Gasteiger partial charge on any atom is -1.00 e. The van der Waals surface area contributed by atoms with E-state index < -0.39 is 20.3 Å². The Labute approximate surface area is 282 Å². The van der Waals surface area contributed by atoms with Crippen molar-refractivity contribution in [2.75, 3.05) is 37.0 Å². The molecule has 0 saturated heterocycles. The topological polar surface area (TPSA) is 31.4 Å². The van der Waals surface area contributed by atoms with Gasteiger partial charge in [0, 0.05) is 39.5 Å². The van der Waals surface area contributed by atoms with Crippen molar-refractivity contribution in [1.82, 2.24) is 4.98 Å². The number of rotatable bonds is 22. The van der Waals surface area contributed by atoms with Crippen LogP contribution in [-0.4, -0.2) is 47.7 Å². The highest BCUT2D eigenvalue weighted by Crippen LogP contribution is 2.67. The molecule has 1 aliphatic rings. The highest BCUT2D eigenvalue weighted by molar-refractivity contribution is 7.75. The molecule has 254 valence electrons. The molecule has 3 nitrogen and oxygen atoms in total. The average Bonchev–Trinajstić information content (AvgIpc) is 2.96. The molecule has 0 spiro atoms. The summed E-state index contributed by atoms with van der Waals surface area (Å²) in [6.07, 6.45) is 27.3. The van der Waals surface area contributed by atoms with Crippen molar-refractivity contribution in [1.29, 1.82) is 0 Å². The predicted octanol–water partition coefficient (Wildman–Crippen LogP) is 5.88. The lowest BCUT2D eigenvalue weighted by molar-refractivity contribution is -0.180. The molecule has 0 saturated carbocycles. The Balaban J connectivity index is 0.00000882. The Hall–Kier alpha value is 0.350. The first-order valence-corrected chi connectivity index (χ1v) is 22.7. The number of aromatic nitrogens is 1. The van der Waals surface area contributed by atoms with E-state index in [2.05, 4.69) is 62.3 Å². The van der Waals surface area contributed by atoms with Crippen molar-refractivity contribution in [2.45, 2.75) is 164 Å². The Morgan fingerprint density at radius 1 is 0.628 bits per heavy atom. The van der Waals surface area contributed by atoms with Gasteiger partial charge in [-0.1, -0.05) is 80.1 Å². The third-order valence-corrected chi connectivity index (χ3v) is 19.0. The molecular weight excluding hydrogens is 611 g/mol. The third-order valence-electron chi connectivity index (χ3n) is 9.42. The summed E-state index contributed by atoms with van der Waals surface area (Å²) >= 11 is 0. The number of halogens is 2.